The van der Waals surface area contributed by atoms with Crippen molar-refractivity contribution >= 4 is 11.9 Å². The minimum atomic E-state index is -1.14. The summed E-state index contributed by atoms with van der Waals surface area (Å²) < 4.78 is 11.5. The Morgan fingerprint density at radius 2 is 2.29 bits per heavy atom. The Labute approximate surface area is 37.7 Å². The van der Waals surface area contributed by atoms with Gasteiger partial charge < -0.3 is 0 Å². The van der Waals surface area contributed by atoms with Crippen LogP contribution in [-0.2, 0) is 4.79 Å². The first kappa shape index (κ1) is 4.04. The molecule has 1 rings (SSSR count). The lowest BCUT2D eigenvalue weighted by atomic mass is 10.7. The Kier molecular flexibility index (Phi) is 0.680. The van der Waals surface area contributed by atoms with Crippen LogP contribution in [0.5, 0.6) is 0 Å². The summed E-state index contributed by atoms with van der Waals surface area (Å²) in [5.74, 6) is -2.14. The van der Waals surface area contributed by atoms with Gasteiger partial charge in [0, 0.05) is 0 Å². The molecule has 0 saturated heterocycles. The van der Waals surface area contributed by atoms with Crippen LogP contribution in [0.25, 0.3) is 0 Å². The second kappa shape index (κ2) is 1.18. The lowest BCUT2D eigenvalue weighted by molar-refractivity contribution is -0.112. The van der Waals surface area contributed by atoms with Gasteiger partial charge in [0.05, 0.1) is 0 Å². The molecule has 1 amide bonds. The number of carbonyl (C=O) groups is 1. The van der Waals surface area contributed by atoms with Gasteiger partial charge in [-0.05, 0) is 5.22 Å². The summed E-state index contributed by atoms with van der Waals surface area (Å²) in [5.41, 5.74) is 0. The molecule has 0 spiro atoms. The zero-order chi connectivity index (χ0) is 5.28. The second-order valence-electron chi connectivity index (χ2n) is 0.885. The first-order chi connectivity index (χ1) is 3.30. The van der Waals surface area contributed by atoms with Crippen LogP contribution < -0.4 is 0 Å². The van der Waals surface area contributed by atoms with Crippen molar-refractivity contribution in [3.05, 3.63) is 0 Å². The first-order valence-corrected chi connectivity index (χ1v) is 1.49. The minimum Gasteiger partial charge on any atom is -0.260 e. The molecular weight excluding hydrogens is 101 g/mol. The van der Waals surface area contributed by atoms with E-state index in [9.17, 15) is 9.18 Å². The van der Waals surface area contributed by atoms with E-state index < -0.39 is 11.9 Å². The van der Waals surface area contributed by atoms with Crippen molar-refractivity contribution in [3.8, 4) is 0 Å². The van der Waals surface area contributed by atoms with E-state index in [0.29, 0.717) is 0 Å². The molecular formula is C2FN3O. The van der Waals surface area contributed by atoms with Gasteiger partial charge >= 0.3 is 11.9 Å². The summed E-state index contributed by atoms with van der Waals surface area (Å²) in [6, 6.07) is 0. The number of rotatable bonds is 0. The maximum Gasteiger partial charge on any atom is 0.346 e. The molecule has 1 heterocycles. The highest BCUT2D eigenvalue weighted by Gasteiger charge is 2.13. The average molecular weight is 101 g/mol. The third-order valence-corrected chi connectivity index (χ3v) is 0.445. The Balaban J connectivity index is 2.89. The lowest BCUT2D eigenvalue weighted by Gasteiger charge is -1.66. The Bertz CT molecular complexity index is 160. The molecule has 0 aromatic carbocycles. The lowest BCUT2D eigenvalue weighted by Crippen LogP contribution is -1.97. The summed E-state index contributed by atoms with van der Waals surface area (Å²) >= 11 is 0. The van der Waals surface area contributed by atoms with E-state index in [1.807, 2.05) is 0 Å². The summed E-state index contributed by atoms with van der Waals surface area (Å²) in [7, 11) is 0. The number of hydrogen-bond donors (Lipinski definition) is 0. The van der Waals surface area contributed by atoms with Crippen LogP contribution in [-0.4, -0.2) is 11.9 Å². The predicted molar refractivity (Wildman–Crippen MR) is 18.4 cm³/mol. The molecule has 36 valence electrons. The van der Waals surface area contributed by atoms with E-state index in [0.717, 1.165) is 0 Å². The monoisotopic (exact) mass is 101 g/mol. The molecule has 7 heavy (non-hydrogen) atoms. The largest absolute Gasteiger partial charge is 0.346 e. The molecule has 0 bridgehead atoms. The van der Waals surface area contributed by atoms with Gasteiger partial charge in [-0.3, -0.25) is 4.79 Å². The number of hydrogen-bond acceptors (Lipinski definition) is 3. The number of nitrogens with zero attached hydrogens (tertiary/aromatic N) is 3. The normalized spacial score (nSPS) is 17.9. The van der Waals surface area contributed by atoms with Crippen molar-refractivity contribution < 1.29 is 9.18 Å². The highest BCUT2D eigenvalue weighted by Crippen LogP contribution is 1.95. The van der Waals surface area contributed by atoms with Crippen molar-refractivity contribution in [1.82, 2.24) is 0 Å². The topological polar surface area (TPSA) is 54.1 Å². The van der Waals surface area contributed by atoms with Gasteiger partial charge in [0.2, 0.25) is 0 Å². The summed E-state index contributed by atoms with van der Waals surface area (Å²) in [6.07, 6.45) is 0. The molecule has 0 aromatic rings. The van der Waals surface area contributed by atoms with Crippen LogP contribution in [0.3, 0.4) is 0 Å². The predicted octanol–water partition coefficient (Wildman–Crippen LogP) is 0.262. The van der Waals surface area contributed by atoms with Gasteiger partial charge in [0.25, 0.3) is 0 Å². The average Bonchev–Trinajstić information content (AvgIpc) is 1.91. The van der Waals surface area contributed by atoms with Gasteiger partial charge in [-0.2, -0.15) is 4.39 Å². The Hall–Kier alpha value is -1.13. The van der Waals surface area contributed by atoms with Crippen molar-refractivity contribution in [1.29, 1.82) is 0 Å². The standard InChI is InChI=1S/C2FN3O/c3-1-2(7)5-6-4-1. The highest BCUT2D eigenvalue weighted by molar-refractivity contribution is 6.35. The van der Waals surface area contributed by atoms with Crippen molar-refractivity contribution in [2.24, 2.45) is 15.4 Å². The fourth-order valence-electron chi connectivity index (χ4n) is 0.186. The highest BCUT2D eigenvalue weighted by atomic mass is 19.1. The third-order valence-electron chi connectivity index (χ3n) is 0.445. The molecule has 0 fully saturated rings. The molecule has 0 saturated carbocycles. The molecule has 0 radical (unpaired) electrons. The van der Waals surface area contributed by atoms with Crippen LogP contribution in [0.4, 0.5) is 4.39 Å². The fourth-order valence-corrected chi connectivity index (χ4v) is 0.186. The number of carbonyl (C=O) groups excluding carboxylic acids is 1. The zero-order valence-corrected chi connectivity index (χ0v) is 3.13. The summed E-state index contributed by atoms with van der Waals surface area (Å²) in [5, 5.41) is 8.13. The maximum atomic E-state index is 11.5. The number of halogens is 1. The van der Waals surface area contributed by atoms with Crippen LogP contribution in [0.1, 0.15) is 0 Å². The molecule has 0 atom stereocenters. The molecule has 0 aromatic heterocycles. The van der Waals surface area contributed by atoms with Crippen LogP contribution >= 0.6 is 0 Å². The van der Waals surface area contributed by atoms with Gasteiger partial charge in [-0.15, -0.1) is 0 Å². The Morgan fingerprint density at radius 1 is 1.57 bits per heavy atom. The molecule has 0 aliphatic carbocycles. The van der Waals surface area contributed by atoms with Crippen molar-refractivity contribution in [3.63, 3.8) is 0 Å². The van der Waals surface area contributed by atoms with E-state index in [1.165, 1.54) is 0 Å². The molecule has 0 unspecified atom stereocenters. The van der Waals surface area contributed by atoms with Crippen molar-refractivity contribution in [2.45, 2.75) is 0 Å². The Morgan fingerprint density at radius 3 is 2.43 bits per heavy atom. The molecule has 5 heteroatoms. The summed E-state index contributed by atoms with van der Waals surface area (Å²) in [4.78, 5) is 9.81. The summed E-state index contributed by atoms with van der Waals surface area (Å²) in [6.45, 7) is 0. The van der Waals surface area contributed by atoms with E-state index in [4.69, 9.17) is 0 Å². The molecule has 0 N–H and O–H groups in total. The first-order valence-electron chi connectivity index (χ1n) is 1.49. The van der Waals surface area contributed by atoms with Gasteiger partial charge in [0.15, 0.2) is 0 Å². The van der Waals surface area contributed by atoms with Crippen LogP contribution in [0.15, 0.2) is 15.4 Å². The maximum absolute atomic E-state index is 11.5. The SMILES string of the molecule is O=C1N=NN=C1F. The van der Waals surface area contributed by atoms with E-state index in [1.54, 1.807) is 0 Å². The van der Waals surface area contributed by atoms with Crippen LogP contribution in [0.2, 0.25) is 0 Å². The zero-order valence-electron chi connectivity index (χ0n) is 3.13. The van der Waals surface area contributed by atoms with Crippen LogP contribution in [0, 0.1) is 0 Å². The van der Waals surface area contributed by atoms with E-state index in [2.05, 4.69) is 15.4 Å². The number of amides is 1. The molecule has 4 nitrogen and oxygen atoms in total. The molecule has 1 aliphatic rings. The minimum absolute atomic E-state index is 1.000. The van der Waals surface area contributed by atoms with Crippen molar-refractivity contribution in [2.75, 3.05) is 0 Å². The van der Waals surface area contributed by atoms with E-state index >= 15 is 0 Å². The van der Waals surface area contributed by atoms with E-state index in [-0.39, 0.29) is 0 Å². The quantitative estimate of drug-likeness (QED) is 0.431. The fraction of sp³-hybridized carbons (Fsp3) is 0. The van der Waals surface area contributed by atoms with Gasteiger partial charge in [0.1, 0.15) is 0 Å². The molecule has 1 aliphatic heterocycles. The van der Waals surface area contributed by atoms with Gasteiger partial charge in [-0.1, -0.05) is 10.2 Å². The third kappa shape index (κ3) is 0.510. The second-order valence-corrected chi connectivity index (χ2v) is 0.885. The van der Waals surface area contributed by atoms with Gasteiger partial charge in [-0.25, -0.2) is 0 Å². The smallest absolute Gasteiger partial charge is 0.260 e.